The van der Waals surface area contributed by atoms with Crippen molar-refractivity contribution in [3.05, 3.63) is 71.3 Å². The molecule has 0 aromatic heterocycles. The number of hydrogen-bond acceptors (Lipinski definition) is 1. The zero-order valence-electron chi connectivity index (χ0n) is 10.1. The first-order valence-corrected chi connectivity index (χ1v) is 6.19. The average molecular weight is 254 g/mol. The second-order valence-corrected chi connectivity index (χ2v) is 4.49. The lowest BCUT2D eigenvalue weighted by Crippen LogP contribution is -1.96. The van der Waals surface area contributed by atoms with Gasteiger partial charge in [-0.05, 0) is 29.7 Å². The predicted octanol–water partition coefficient (Wildman–Crippen LogP) is 3.99. The summed E-state index contributed by atoms with van der Waals surface area (Å²) < 4.78 is 0. The molecule has 2 aromatic carbocycles. The highest BCUT2D eigenvalue weighted by Gasteiger charge is 2.10. The van der Waals surface area contributed by atoms with Crippen LogP contribution in [0.4, 0.5) is 0 Å². The highest BCUT2D eigenvalue weighted by atomic mass is 32.1. The van der Waals surface area contributed by atoms with Crippen LogP contribution in [0.1, 0.15) is 16.7 Å². The normalized spacial score (nSPS) is 11.3. The van der Waals surface area contributed by atoms with Crippen LogP contribution >= 0.6 is 12.6 Å². The van der Waals surface area contributed by atoms with Crippen molar-refractivity contribution in [2.24, 2.45) is 0 Å². The Kier molecular flexibility index (Phi) is 4.00. The standard InChI is InChI=1S/C16H14OS/c1-12-7-5-6-10-14(12)15(16(17)18)11-13-8-3-2-4-9-13/h2-11H,1H3,(H,17,18). The summed E-state index contributed by atoms with van der Waals surface area (Å²) in [6, 6.07) is 17.6. The first-order chi connectivity index (χ1) is 8.68. The van der Waals surface area contributed by atoms with Crippen LogP contribution in [0.5, 0.6) is 0 Å². The summed E-state index contributed by atoms with van der Waals surface area (Å²) in [5.41, 5.74) is 3.63. The van der Waals surface area contributed by atoms with Gasteiger partial charge in [0.05, 0.1) is 0 Å². The van der Waals surface area contributed by atoms with Crippen LogP contribution in [0, 0.1) is 6.92 Å². The van der Waals surface area contributed by atoms with Gasteiger partial charge in [-0.25, -0.2) is 0 Å². The first-order valence-electron chi connectivity index (χ1n) is 5.74. The molecule has 0 atom stereocenters. The van der Waals surface area contributed by atoms with E-state index in [-0.39, 0.29) is 5.12 Å². The molecule has 0 bridgehead atoms. The molecule has 0 unspecified atom stereocenters. The lowest BCUT2D eigenvalue weighted by molar-refractivity contribution is -0.106. The van der Waals surface area contributed by atoms with Crippen LogP contribution in [-0.4, -0.2) is 5.12 Å². The Morgan fingerprint density at radius 1 is 1.00 bits per heavy atom. The van der Waals surface area contributed by atoms with E-state index in [1.54, 1.807) is 0 Å². The summed E-state index contributed by atoms with van der Waals surface area (Å²) in [5.74, 6) is 0. The molecule has 1 nitrogen and oxygen atoms in total. The highest BCUT2D eigenvalue weighted by Crippen LogP contribution is 2.23. The summed E-state index contributed by atoms with van der Waals surface area (Å²) in [6.45, 7) is 1.99. The first kappa shape index (κ1) is 12.7. The fraction of sp³-hybridized carbons (Fsp3) is 0.0625. The monoisotopic (exact) mass is 254 g/mol. The number of thiol groups is 1. The minimum atomic E-state index is -0.215. The van der Waals surface area contributed by atoms with E-state index >= 15 is 0 Å². The molecule has 0 radical (unpaired) electrons. The summed E-state index contributed by atoms with van der Waals surface area (Å²) in [4.78, 5) is 11.7. The van der Waals surface area contributed by atoms with Gasteiger partial charge in [0.25, 0.3) is 0 Å². The smallest absolute Gasteiger partial charge is 0.216 e. The second kappa shape index (κ2) is 5.69. The third-order valence-corrected chi connectivity index (χ3v) is 3.02. The van der Waals surface area contributed by atoms with E-state index in [0.29, 0.717) is 5.57 Å². The molecule has 2 aromatic rings. The van der Waals surface area contributed by atoms with Gasteiger partial charge in [-0.15, -0.1) is 12.6 Å². The number of benzene rings is 2. The zero-order valence-corrected chi connectivity index (χ0v) is 11.0. The van der Waals surface area contributed by atoms with Gasteiger partial charge in [0.1, 0.15) is 0 Å². The molecule has 0 spiro atoms. The summed E-state index contributed by atoms with van der Waals surface area (Å²) in [5, 5.41) is -0.215. The minimum absolute atomic E-state index is 0.215. The van der Waals surface area contributed by atoms with Crippen molar-refractivity contribution in [3.63, 3.8) is 0 Å². The maximum absolute atomic E-state index is 11.7. The van der Waals surface area contributed by atoms with Crippen LogP contribution < -0.4 is 0 Å². The molecule has 0 heterocycles. The molecule has 0 saturated heterocycles. The SMILES string of the molecule is Cc1ccccc1C(=Cc1ccccc1)C(=O)S. The average Bonchev–Trinajstić information content (AvgIpc) is 2.38. The van der Waals surface area contributed by atoms with E-state index in [1.165, 1.54) is 0 Å². The Morgan fingerprint density at radius 2 is 1.61 bits per heavy atom. The molecule has 0 aliphatic heterocycles. The Hall–Kier alpha value is -1.80. The van der Waals surface area contributed by atoms with Crippen molar-refractivity contribution in [1.82, 2.24) is 0 Å². The molecule has 2 rings (SSSR count). The third-order valence-electron chi connectivity index (χ3n) is 2.78. The number of carbonyl (C=O) groups is 1. The number of carbonyl (C=O) groups excluding carboxylic acids is 1. The largest absolute Gasteiger partial charge is 0.282 e. The molecule has 0 amide bonds. The molecule has 0 saturated carbocycles. The predicted molar refractivity (Wildman–Crippen MR) is 79.5 cm³/mol. The van der Waals surface area contributed by atoms with Gasteiger partial charge < -0.3 is 0 Å². The van der Waals surface area contributed by atoms with Crippen molar-refractivity contribution >= 4 is 29.4 Å². The Balaban J connectivity index is 2.51. The molecule has 2 heteroatoms. The Labute approximate surface area is 113 Å². The van der Waals surface area contributed by atoms with E-state index < -0.39 is 0 Å². The van der Waals surface area contributed by atoms with E-state index in [9.17, 15) is 4.79 Å². The fourth-order valence-corrected chi connectivity index (χ4v) is 2.03. The van der Waals surface area contributed by atoms with Crippen LogP contribution in [0.3, 0.4) is 0 Å². The van der Waals surface area contributed by atoms with Crippen LogP contribution in [0.25, 0.3) is 11.6 Å². The second-order valence-electron chi connectivity index (χ2n) is 4.09. The van der Waals surface area contributed by atoms with Crippen molar-refractivity contribution in [3.8, 4) is 0 Å². The van der Waals surface area contributed by atoms with Gasteiger partial charge in [-0.3, -0.25) is 4.79 Å². The van der Waals surface area contributed by atoms with Crippen LogP contribution in [0.2, 0.25) is 0 Å². The Bertz CT molecular complexity index is 585. The molecule has 0 N–H and O–H groups in total. The Morgan fingerprint density at radius 3 is 2.22 bits per heavy atom. The van der Waals surface area contributed by atoms with Gasteiger partial charge in [-0.2, -0.15) is 0 Å². The van der Waals surface area contributed by atoms with E-state index in [1.807, 2.05) is 67.6 Å². The quantitative estimate of drug-likeness (QED) is 0.498. The van der Waals surface area contributed by atoms with Crippen molar-refractivity contribution in [2.45, 2.75) is 6.92 Å². The molecular weight excluding hydrogens is 240 g/mol. The lowest BCUT2D eigenvalue weighted by Gasteiger charge is -2.07. The van der Waals surface area contributed by atoms with Gasteiger partial charge in [0.15, 0.2) is 0 Å². The minimum Gasteiger partial charge on any atom is -0.282 e. The van der Waals surface area contributed by atoms with Crippen molar-refractivity contribution in [2.75, 3.05) is 0 Å². The van der Waals surface area contributed by atoms with E-state index in [0.717, 1.165) is 16.7 Å². The maximum atomic E-state index is 11.7. The van der Waals surface area contributed by atoms with Gasteiger partial charge >= 0.3 is 0 Å². The molecule has 18 heavy (non-hydrogen) atoms. The summed E-state index contributed by atoms with van der Waals surface area (Å²) >= 11 is 3.97. The zero-order chi connectivity index (χ0) is 13.0. The van der Waals surface area contributed by atoms with Crippen molar-refractivity contribution in [1.29, 1.82) is 0 Å². The number of aryl methyl sites for hydroxylation is 1. The lowest BCUT2D eigenvalue weighted by atomic mass is 9.99. The van der Waals surface area contributed by atoms with E-state index in [4.69, 9.17) is 0 Å². The van der Waals surface area contributed by atoms with Gasteiger partial charge in [-0.1, -0.05) is 54.6 Å². The molecular formula is C16H14OS. The molecule has 0 aliphatic rings. The van der Waals surface area contributed by atoms with Crippen molar-refractivity contribution < 1.29 is 4.79 Å². The van der Waals surface area contributed by atoms with E-state index in [2.05, 4.69) is 12.6 Å². The summed E-state index contributed by atoms with van der Waals surface area (Å²) in [7, 11) is 0. The third kappa shape index (κ3) is 2.90. The molecule has 90 valence electrons. The fourth-order valence-electron chi connectivity index (χ4n) is 1.85. The molecule has 0 fully saturated rings. The summed E-state index contributed by atoms with van der Waals surface area (Å²) in [6.07, 6.45) is 1.87. The maximum Gasteiger partial charge on any atom is 0.216 e. The van der Waals surface area contributed by atoms with Crippen LogP contribution in [-0.2, 0) is 4.79 Å². The number of rotatable bonds is 3. The van der Waals surface area contributed by atoms with Crippen LogP contribution in [0.15, 0.2) is 54.6 Å². The van der Waals surface area contributed by atoms with Gasteiger partial charge in [0, 0.05) is 5.57 Å². The number of hydrogen-bond donors (Lipinski definition) is 1. The van der Waals surface area contributed by atoms with Gasteiger partial charge in [0.2, 0.25) is 5.12 Å². The molecule has 0 aliphatic carbocycles. The topological polar surface area (TPSA) is 17.1 Å². The highest BCUT2D eigenvalue weighted by molar-refractivity contribution is 7.98.